The Morgan fingerprint density at radius 2 is 2.05 bits per heavy atom. The fourth-order valence-electron chi connectivity index (χ4n) is 1.86. The second kappa shape index (κ2) is 7.31. The Bertz CT molecular complexity index is 638. The van der Waals surface area contributed by atoms with Crippen LogP contribution in [0.15, 0.2) is 29.4 Å². The third-order valence-electron chi connectivity index (χ3n) is 3.17. The Balaban J connectivity index is 2.11. The zero-order valence-electron chi connectivity index (χ0n) is 13.0. The van der Waals surface area contributed by atoms with E-state index in [1.165, 1.54) is 22.0 Å². The molecule has 1 heterocycles. The van der Waals surface area contributed by atoms with Crippen LogP contribution in [0.1, 0.15) is 25.8 Å². The molecule has 0 spiro atoms. The van der Waals surface area contributed by atoms with E-state index in [1.807, 2.05) is 45.0 Å². The third kappa shape index (κ3) is 3.79. The molecular formula is C15H21N5OS. The second-order valence-corrected chi connectivity index (χ2v) is 6.40. The molecule has 1 amide bonds. The summed E-state index contributed by atoms with van der Waals surface area (Å²) in [7, 11) is 0. The minimum absolute atomic E-state index is 0.0215. The minimum Gasteiger partial charge on any atom is -0.355 e. The van der Waals surface area contributed by atoms with Crippen molar-refractivity contribution in [2.45, 2.75) is 37.6 Å². The van der Waals surface area contributed by atoms with Crippen molar-refractivity contribution in [1.29, 1.82) is 0 Å². The first-order chi connectivity index (χ1) is 10.5. The van der Waals surface area contributed by atoms with Gasteiger partial charge in [-0.05, 0) is 20.3 Å². The molecule has 2 rings (SSSR count). The Morgan fingerprint density at radius 3 is 2.68 bits per heavy atom. The standard InChI is InChI=1S/C15H21N5OS/c1-4-9-17-14(21)11(3)22-15-19-18-13(20(15)16)12-7-5-10(2)6-8-12/h5-8,11H,4,9,16H2,1-3H3,(H,17,21)/t11-/m1/s1. The molecule has 0 bridgehead atoms. The van der Waals surface area contributed by atoms with Crippen LogP contribution in [0.25, 0.3) is 11.4 Å². The summed E-state index contributed by atoms with van der Waals surface area (Å²) in [6.45, 7) is 6.54. The van der Waals surface area contributed by atoms with Crippen LogP contribution in [0.5, 0.6) is 0 Å². The molecule has 0 saturated carbocycles. The summed E-state index contributed by atoms with van der Waals surface area (Å²) in [4.78, 5) is 11.9. The number of thioether (sulfide) groups is 1. The van der Waals surface area contributed by atoms with Gasteiger partial charge in [0.25, 0.3) is 0 Å². The fourth-order valence-corrected chi connectivity index (χ4v) is 2.66. The van der Waals surface area contributed by atoms with Gasteiger partial charge in [0.05, 0.1) is 5.25 Å². The Hall–Kier alpha value is -2.02. The van der Waals surface area contributed by atoms with Crippen molar-refractivity contribution < 1.29 is 4.79 Å². The first kappa shape index (κ1) is 16.4. The minimum atomic E-state index is -0.274. The predicted molar refractivity (Wildman–Crippen MR) is 89.0 cm³/mol. The number of rotatable bonds is 6. The van der Waals surface area contributed by atoms with E-state index in [2.05, 4.69) is 15.5 Å². The molecule has 118 valence electrons. The van der Waals surface area contributed by atoms with E-state index in [4.69, 9.17) is 5.84 Å². The molecule has 0 aliphatic heterocycles. The summed E-state index contributed by atoms with van der Waals surface area (Å²) in [5.41, 5.74) is 2.07. The van der Waals surface area contributed by atoms with Crippen LogP contribution in [-0.4, -0.2) is 32.6 Å². The maximum atomic E-state index is 11.9. The predicted octanol–water partition coefficient (Wildman–Crippen LogP) is 1.97. The Morgan fingerprint density at radius 1 is 1.36 bits per heavy atom. The van der Waals surface area contributed by atoms with E-state index in [0.29, 0.717) is 17.5 Å². The van der Waals surface area contributed by atoms with Crippen molar-refractivity contribution in [1.82, 2.24) is 20.2 Å². The number of aromatic nitrogens is 3. The van der Waals surface area contributed by atoms with Gasteiger partial charge in [-0.2, -0.15) is 0 Å². The lowest BCUT2D eigenvalue weighted by Gasteiger charge is -2.10. The topological polar surface area (TPSA) is 85.8 Å². The van der Waals surface area contributed by atoms with Gasteiger partial charge in [0.2, 0.25) is 11.1 Å². The van der Waals surface area contributed by atoms with Crippen LogP contribution in [-0.2, 0) is 4.79 Å². The zero-order valence-corrected chi connectivity index (χ0v) is 13.9. The number of carbonyl (C=O) groups excluding carboxylic acids is 1. The number of hydrogen-bond donors (Lipinski definition) is 2. The Kier molecular flexibility index (Phi) is 5.43. The van der Waals surface area contributed by atoms with Gasteiger partial charge in [0.1, 0.15) is 0 Å². The summed E-state index contributed by atoms with van der Waals surface area (Å²) < 4.78 is 1.43. The lowest BCUT2D eigenvalue weighted by atomic mass is 10.1. The van der Waals surface area contributed by atoms with Gasteiger partial charge in [-0.3, -0.25) is 4.79 Å². The first-order valence-electron chi connectivity index (χ1n) is 7.24. The normalized spacial score (nSPS) is 12.1. The van der Waals surface area contributed by atoms with E-state index >= 15 is 0 Å². The summed E-state index contributed by atoms with van der Waals surface area (Å²) in [6.07, 6.45) is 0.910. The molecule has 0 radical (unpaired) electrons. The van der Waals surface area contributed by atoms with Crippen LogP contribution < -0.4 is 11.2 Å². The van der Waals surface area contributed by atoms with E-state index in [1.54, 1.807) is 0 Å². The van der Waals surface area contributed by atoms with Gasteiger partial charge in [-0.25, -0.2) is 4.68 Å². The highest BCUT2D eigenvalue weighted by atomic mass is 32.2. The van der Waals surface area contributed by atoms with Crippen LogP contribution >= 0.6 is 11.8 Å². The average Bonchev–Trinajstić information content (AvgIpc) is 2.86. The van der Waals surface area contributed by atoms with Gasteiger partial charge in [0.15, 0.2) is 5.82 Å². The number of nitrogens with one attached hydrogen (secondary N) is 1. The highest BCUT2D eigenvalue weighted by Gasteiger charge is 2.19. The smallest absolute Gasteiger partial charge is 0.233 e. The Labute approximate surface area is 134 Å². The summed E-state index contributed by atoms with van der Waals surface area (Å²) in [5, 5.41) is 11.3. The molecule has 0 unspecified atom stereocenters. The molecule has 0 aliphatic rings. The number of aryl methyl sites for hydroxylation is 1. The van der Waals surface area contributed by atoms with Gasteiger partial charge in [-0.15, -0.1) is 10.2 Å². The quantitative estimate of drug-likeness (QED) is 0.628. The molecule has 0 saturated heterocycles. The molecule has 6 nitrogen and oxygen atoms in total. The lowest BCUT2D eigenvalue weighted by molar-refractivity contribution is -0.120. The molecule has 7 heteroatoms. The maximum Gasteiger partial charge on any atom is 0.233 e. The molecule has 0 aliphatic carbocycles. The van der Waals surface area contributed by atoms with Crippen LogP contribution in [0.3, 0.4) is 0 Å². The van der Waals surface area contributed by atoms with E-state index in [9.17, 15) is 4.79 Å². The molecule has 1 atom stereocenters. The number of nitrogen functional groups attached to an aromatic ring is 1. The van der Waals surface area contributed by atoms with Crippen molar-refractivity contribution in [3.05, 3.63) is 29.8 Å². The molecule has 2 aromatic rings. The van der Waals surface area contributed by atoms with E-state index in [0.717, 1.165) is 12.0 Å². The number of benzene rings is 1. The number of nitrogens with zero attached hydrogens (tertiary/aromatic N) is 3. The van der Waals surface area contributed by atoms with Crippen molar-refractivity contribution in [2.24, 2.45) is 0 Å². The van der Waals surface area contributed by atoms with E-state index in [-0.39, 0.29) is 11.2 Å². The number of amides is 1. The summed E-state index contributed by atoms with van der Waals surface area (Å²) in [6, 6.07) is 7.90. The van der Waals surface area contributed by atoms with Gasteiger partial charge < -0.3 is 11.2 Å². The zero-order chi connectivity index (χ0) is 16.1. The van der Waals surface area contributed by atoms with Crippen molar-refractivity contribution in [2.75, 3.05) is 12.4 Å². The number of nitrogens with two attached hydrogens (primary N) is 1. The maximum absolute atomic E-state index is 11.9. The number of hydrogen-bond acceptors (Lipinski definition) is 5. The van der Waals surface area contributed by atoms with Crippen molar-refractivity contribution in [3.63, 3.8) is 0 Å². The van der Waals surface area contributed by atoms with Crippen molar-refractivity contribution >= 4 is 17.7 Å². The molecule has 0 fully saturated rings. The van der Waals surface area contributed by atoms with Crippen molar-refractivity contribution in [3.8, 4) is 11.4 Å². The monoisotopic (exact) mass is 319 g/mol. The highest BCUT2D eigenvalue weighted by molar-refractivity contribution is 8.00. The molecule has 3 N–H and O–H groups in total. The summed E-state index contributed by atoms with van der Waals surface area (Å²) in [5.74, 6) is 6.63. The van der Waals surface area contributed by atoms with Crippen LogP contribution in [0.2, 0.25) is 0 Å². The first-order valence-corrected chi connectivity index (χ1v) is 8.12. The van der Waals surface area contributed by atoms with E-state index < -0.39 is 0 Å². The fraction of sp³-hybridized carbons (Fsp3) is 0.400. The van der Waals surface area contributed by atoms with Gasteiger partial charge >= 0.3 is 0 Å². The second-order valence-electron chi connectivity index (χ2n) is 5.09. The molecule has 1 aromatic carbocycles. The largest absolute Gasteiger partial charge is 0.355 e. The third-order valence-corrected chi connectivity index (χ3v) is 4.23. The van der Waals surface area contributed by atoms with Crippen LogP contribution in [0, 0.1) is 6.92 Å². The molecular weight excluding hydrogens is 298 g/mol. The lowest BCUT2D eigenvalue weighted by Crippen LogP contribution is -2.31. The number of carbonyl (C=O) groups is 1. The molecule has 1 aromatic heterocycles. The summed E-state index contributed by atoms with van der Waals surface area (Å²) >= 11 is 1.30. The van der Waals surface area contributed by atoms with Crippen LogP contribution in [0.4, 0.5) is 0 Å². The highest BCUT2D eigenvalue weighted by Crippen LogP contribution is 2.24. The van der Waals surface area contributed by atoms with Gasteiger partial charge in [0, 0.05) is 12.1 Å². The SMILES string of the molecule is CCCNC(=O)[C@@H](C)Sc1nnc(-c2ccc(C)cc2)n1N. The van der Waals surface area contributed by atoms with Gasteiger partial charge in [-0.1, -0.05) is 48.5 Å². The molecule has 22 heavy (non-hydrogen) atoms. The average molecular weight is 319 g/mol.